The number of benzene rings is 2. The number of nitrogens with one attached hydrogen (secondary N) is 2. The van der Waals surface area contributed by atoms with Crippen molar-refractivity contribution in [3.8, 4) is 11.5 Å². The quantitative estimate of drug-likeness (QED) is 0.350. The van der Waals surface area contributed by atoms with Crippen LogP contribution in [0.1, 0.15) is 31.2 Å². The fraction of sp³-hybridized carbons (Fsp3) is 0.333. The number of hydrogen-bond acceptors (Lipinski definition) is 3. The standard InChI is InChI=1S/C27H31N3O2/c1-31-23-8-10-27-19(15-23)12-14-30(27)22-11-13-28-21(16-22)6-4-3-5-20-18-29-26-9-7-24(32-2)17-25(20)26/h7-10,12,14-18,21,28-29H,3-6,11,13H2,1-2H3. The van der Waals surface area contributed by atoms with E-state index < -0.39 is 0 Å². The minimum Gasteiger partial charge on any atom is -0.497 e. The van der Waals surface area contributed by atoms with E-state index in [9.17, 15) is 0 Å². The van der Waals surface area contributed by atoms with Crippen LogP contribution in [0.25, 0.3) is 27.5 Å². The molecular formula is C27H31N3O2. The highest BCUT2D eigenvalue weighted by atomic mass is 16.5. The van der Waals surface area contributed by atoms with Gasteiger partial charge in [-0.25, -0.2) is 0 Å². The minimum absolute atomic E-state index is 0.428. The Hall–Kier alpha value is -3.18. The lowest BCUT2D eigenvalue weighted by Crippen LogP contribution is -2.32. The molecule has 0 aliphatic carbocycles. The number of aromatic amines is 1. The zero-order chi connectivity index (χ0) is 21.9. The fourth-order valence-corrected chi connectivity index (χ4v) is 4.82. The van der Waals surface area contributed by atoms with Gasteiger partial charge in [0.15, 0.2) is 0 Å². The van der Waals surface area contributed by atoms with Crippen LogP contribution in [0.3, 0.4) is 0 Å². The van der Waals surface area contributed by atoms with Crippen LogP contribution in [0.15, 0.2) is 60.9 Å². The third kappa shape index (κ3) is 4.13. The number of ether oxygens (including phenoxy) is 2. The van der Waals surface area contributed by atoms with Gasteiger partial charge < -0.3 is 24.3 Å². The molecule has 0 bridgehead atoms. The molecule has 0 spiro atoms. The summed E-state index contributed by atoms with van der Waals surface area (Å²) in [6, 6.07) is 15.1. The molecule has 1 unspecified atom stereocenters. The van der Waals surface area contributed by atoms with Gasteiger partial charge in [0.1, 0.15) is 11.5 Å². The molecule has 32 heavy (non-hydrogen) atoms. The van der Waals surface area contributed by atoms with Crippen molar-refractivity contribution in [1.82, 2.24) is 14.9 Å². The normalized spacial score (nSPS) is 16.4. The Labute approximate surface area is 189 Å². The Morgan fingerprint density at radius 1 is 1.00 bits per heavy atom. The molecule has 0 radical (unpaired) electrons. The summed E-state index contributed by atoms with van der Waals surface area (Å²) < 4.78 is 13.1. The number of unbranched alkanes of at least 4 members (excludes halogenated alkanes) is 1. The Morgan fingerprint density at radius 3 is 2.72 bits per heavy atom. The number of aryl methyl sites for hydroxylation is 1. The number of nitrogens with zero attached hydrogens (tertiary/aromatic N) is 1. The van der Waals surface area contributed by atoms with Gasteiger partial charge in [-0.15, -0.1) is 0 Å². The van der Waals surface area contributed by atoms with E-state index in [0.717, 1.165) is 37.3 Å². The van der Waals surface area contributed by atoms with E-state index in [1.807, 2.05) is 12.1 Å². The Kier molecular flexibility index (Phi) is 5.91. The van der Waals surface area contributed by atoms with Crippen LogP contribution in [-0.4, -0.2) is 36.4 Å². The number of methoxy groups -OCH3 is 2. The molecule has 0 fully saturated rings. The smallest absolute Gasteiger partial charge is 0.119 e. The topological polar surface area (TPSA) is 51.2 Å². The van der Waals surface area contributed by atoms with Gasteiger partial charge in [0.05, 0.1) is 19.7 Å². The summed E-state index contributed by atoms with van der Waals surface area (Å²) in [7, 11) is 3.44. The van der Waals surface area contributed by atoms with Crippen molar-refractivity contribution in [3.63, 3.8) is 0 Å². The van der Waals surface area contributed by atoms with Gasteiger partial charge in [-0.2, -0.15) is 0 Å². The molecule has 4 aromatic rings. The van der Waals surface area contributed by atoms with Crippen molar-refractivity contribution >= 4 is 27.5 Å². The highest BCUT2D eigenvalue weighted by Crippen LogP contribution is 2.28. The SMILES string of the molecule is COc1ccc2c(ccn2C2=CC(CCCCc3c[nH]c4ccc(OC)cc34)NCC2)c1. The summed E-state index contributed by atoms with van der Waals surface area (Å²) in [6.45, 7) is 1.02. The monoisotopic (exact) mass is 429 g/mol. The zero-order valence-electron chi connectivity index (χ0n) is 18.9. The summed E-state index contributed by atoms with van der Waals surface area (Å²) in [5.74, 6) is 1.82. The molecule has 5 rings (SSSR count). The van der Waals surface area contributed by atoms with Crippen LogP contribution in [0.4, 0.5) is 0 Å². The van der Waals surface area contributed by atoms with Crippen molar-refractivity contribution in [2.75, 3.05) is 20.8 Å². The molecule has 5 heteroatoms. The van der Waals surface area contributed by atoms with Crippen LogP contribution < -0.4 is 14.8 Å². The zero-order valence-corrected chi connectivity index (χ0v) is 18.9. The maximum atomic E-state index is 5.39. The van der Waals surface area contributed by atoms with Crippen molar-refractivity contribution < 1.29 is 9.47 Å². The van der Waals surface area contributed by atoms with Gasteiger partial charge in [-0.3, -0.25) is 0 Å². The fourth-order valence-electron chi connectivity index (χ4n) is 4.82. The Morgan fingerprint density at radius 2 is 1.84 bits per heavy atom. The molecule has 3 heterocycles. The number of hydrogen-bond donors (Lipinski definition) is 2. The van der Waals surface area contributed by atoms with Crippen LogP contribution in [0.5, 0.6) is 11.5 Å². The first-order chi connectivity index (χ1) is 15.7. The van der Waals surface area contributed by atoms with E-state index in [-0.39, 0.29) is 0 Å². The third-order valence-electron chi connectivity index (χ3n) is 6.57. The predicted molar refractivity (Wildman–Crippen MR) is 132 cm³/mol. The first-order valence-corrected chi connectivity index (χ1v) is 11.5. The van der Waals surface area contributed by atoms with Crippen molar-refractivity contribution in [3.05, 3.63) is 66.5 Å². The molecule has 0 amide bonds. The van der Waals surface area contributed by atoms with Gasteiger partial charge in [-0.05, 0) is 73.4 Å². The first kappa shape index (κ1) is 20.7. The van der Waals surface area contributed by atoms with Crippen molar-refractivity contribution in [2.45, 2.75) is 38.1 Å². The largest absolute Gasteiger partial charge is 0.497 e. The molecule has 166 valence electrons. The van der Waals surface area contributed by atoms with Crippen molar-refractivity contribution in [2.24, 2.45) is 0 Å². The van der Waals surface area contributed by atoms with E-state index in [1.54, 1.807) is 14.2 Å². The van der Waals surface area contributed by atoms with Gasteiger partial charge in [-0.1, -0.05) is 6.42 Å². The second-order valence-corrected chi connectivity index (χ2v) is 8.55. The molecule has 5 nitrogen and oxygen atoms in total. The lowest BCUT2D eigenvalue weighted by Gasteiger charge is -2.24. The summed E-state index contributed by atoms with van der Waals surface area (Å²) in [5.41, 5.74) is 5.19. The van der Waals surface area contributed by atoms with Crippen LogP contribution in [-0.2, 0) is 6.42 Å². The van der Waals surface area contributed by atoms with Crippen molar-refractivity contribution in [1.29, 1.82) is 0 Å². The van der Waals surface area contributed by atoms with E-state index in [1.165, 1.54) is 45.9 Å². The van der Waals surface area contributed by atoms with Gasteiger partial charge in [0, 0.05) is 53.4 Å². The molecule has 0 saturated heterocycles. The number of rotatable bonds is 8. The van der Waals surface area contributed by atoms with Crippen LogP contribution in [0, 0.1) is 0 Å². The van der Waals surface area contributed by atoms with E-state index in [4.69, 9.17) is 9.47 Å². The maximum Gasteiger partial charge on any atom is 0.119 e. The van der Waals surface area contributed by atoms with E-state index in [0.29, 0.717) is 6.04 Å². The number of H-pyrrole nitrogens is 1. The lowest BCUT2D eigenvalue weighted by molar-refractivity contribution is 0.415. The van der Waals surface area contributed by atoms with Crippen LogP contribution in [0.2, 0.25) is 0 Å². The Bertz CT molecular complexity index is 1250. The predicted octanol–water partition coefficient (Wildman–Crippen LogP) is 5.76. The van der Waals surface area contributed by atoms with E-state index in [2.05, 4.69) is 63.7 Å². The summed E-state index contributed by atoms with van der Waals surface area (Å²) in [4.78, 5) is 3.38. The number of aromatic nitrogens is 2. The Balaban J connectivity index is 1.22. The summed E-state index contributed by atoms with van der Waals surface area (Å²) in [5, 5.41) is 6.18. The molecule has 1 aliphatic rings. The van der Waals surface area contributed by atoms with Gasteiger partial charge in [0.25, 0.3) is 0 Å². The maximum absolute atomic E-state index is 5.39. The highest BCUT2D eigenvalue weighted by molar-refractivity contribution is 5.85. The van der Waals surface area contributed by atoms with Gasteiger partial charge >= 0.3 is 0 Å². The van der Waals surface area contributed by atoms with Crippen LogP contribution >= 0.6 is 0 Å². The first-order valence-electron chi connectivity index (χ1n) is 11.5. The molecule has 2 aromatic heterocycles. The third-order valence-corrected chi connectivity index (χ3v) is 6.57. The second kappa shape index (κ2) is 9.13. The van der Waals surface area contributed by atoms with Gasteiger partial charge in [0.2, 0.25) is 0 Å². The average molecular weight is 430 g/mol. The molecular weight excluding hydrogens is 398 g/mol. The lowest BCUT2D eigenvalue weighted by atomic mass is 10.0. The molecule has 0 saturated carbocycles. The molecule has 1 atom stereocenters. The molecule has 1 aliphatic heterocycles. The highest BCUT2D eigenvalue weighted by Gasteiger charge is 2.15. The number of fused-ring (bicyclic) bond motifs is 2. The average Bonchev–Trinajstić information content (AvgIpc) is 3.45. The van der Waals surface area contributed by atoms with E-state index >= 15 is 0 Å². The minimum atomic E-state index is 0.428. The molecule has 2 N–H and O–H groups in total. The summed E-state index contributed by atoms with van der Waals surface area (Å²) in [6.07, 6.45) is 12.4. The molecule has 2 aromatic carbocycles. The summed E-state index contributed by atoms with van der Waals surface area (Å²) >= 11 is 0. The second-order valence-electron chi connectivity index (χ2n) is 8.55.